The number of imidazole rings is 2. The number of benzene rings is 1. The molecule has 2 aliphatic heterocycles. The number of hydrogen-bond donors (Lipinski definition) is 4. The maximum absolute atomic E-state index is 13.5. The molecule has 0 radical (unpaired) electrons. The van der Waals surface area contributed by atoms with Crippen molar-refractivity contribution in [3.63, 3.8) is 0 Å². The van der Waals surface area contributed by atoms with Crippen molar-refractivity contribution in [1.82, 2.24) is 40.4 Å². The molecule has 0 bridgehead atoms. The number of hydrogen-bond acceptors (Lipinski definition) is 9. The molecule has 0 spiro atoms. The van der Waals surface area contributed by atoms with Crippen LogP contribution in [0.4, 0.5) is 9.59 Å². The number of alkyl carbamates (subject to hydrolysis) is 2. The van der Waals surface area contributed by atoms with Crippen LogP contribution in [0.2, 0.25) is 0 Å². The quantitative estimate of drug-likeness (QED) is 0.142. The van der Waals surface area contributed by atoms with Gasteiger partial charge >= 0.3 is 12.2 Å². The van der Waals surface area contributed by atoms with Gasteiger partial charge in [-0.2, -0.15) is 0 Å². The standard InChI is InChI=1S/C40H48N8O6S/c1-23(2)33(45-39(51)53-5)37(49)47-19-7-9-30(47)35-41-21-28(43-35)26-14-11-25(12-15-26)13-16-27-17-18-32(55-27)29-22-42-36(44-29)31-10-8-20-48(31)38(50)34(24(3)4)46-40(52)54-6/h11-12,14-15,17-18,21-24,30-31,33-34H,7-10,19-20H2,1-6H3,(H,41,43)(H,42,44)(H,45,51)(H,46,52)/t30-,31-,33?,34-/m0/s1. The van der Waals surface area contributed by atoms with Gasteiger partial charge < -0.3 is 39.9 Å². The van der Waals surface area contributed by atoms with Gasteiger partial charge in [0.25, 0.3) is 0 Å². The van der Waals surface area contributed by atoms with Crippen LogP contribution >= 0.6 is 11.3 Å². The lowest BCUT2D eigenvalue weighted by Crippen LogP contribution is -2.51. The molecule has 0 aliphatic carbocycles. The minimum Gasteiger partial charge on any atom is -0.453 e. The molecule has 290 valence electrons. The van der Waals surface area contributed by atoms with Crippen molar-refractivity contribution in [3.05, 3.63) is 70.9 Å². The number of carbonyl (C=O) groups is 4. The SMILES string of the molecule is COC(=O)NC(C(=O)N1CCC[C@H]1c1ncc(-c2ccc(C#Cc3ccc(-c4cnc([C@@H]5CCCN5C(=O)[C@@H](NC(=O)OC)C(C)C)[nH]4)s3)cc2)[nH]1)C(C)C. The van der Waals surface area contributed by atoms with Gasteiger partial charge in [0.15, 0.2) is 0 Å². The summed E-state index contributed by atoms with van der Waals surface area (Å²) >= 11 is 1.56. The minimum absolute atomic E-state index is 0.107. The normalized spacial score (nSPS) is 17.8. The van der Waals surface area contributed by atoms with Gasteiger partial charge in [-0.15, -0.1) is 11.3 Å². The summed E-state index contributed by atoms with van der Waals surface area (Å²) in [4.78, 5) is 72.5. The van der Waals surface area contributed by atoms with E-state index in [1.54, 1.807) is 33.5 Å². The molecule has 4 N–H and O–H groups in total. The Balaban J connectivity index is 1.09. The number of ether oxygens (including phenoxy) is 2. The minimum atomic E-state index is -0.690. The second kappa shape index (κ2) is 17.2. The van der Waals surface area contributed by atoms with E-state index in [9.17, 15) is 19.2 Å². The van der Waals surface area contributed by atoms with Gasteiger partial charge in [-0.1, -0.05) is 51.7 Å². The Hall–Kier alpha value is -5.62. The molecule has 4 atom stereocenters. The highest BCUT2D eigenvalue weighted by Gasteiger charge is 2.39. The Bertz CT molecular complexity index is 2060. The average Bonchev–Trinajstić information content (AvgIpc) is 4.03. The molecule has 0 saturated carbocycles. The summed E-state index contributed by atoms with van der Waals surface area (Å²) in [6.45, 7) is 8.76. The van der Waals surface area contributed by atoms with Crippen LogP contribution in [0, 0.1) is 23.7 Å². The highest BCUT2D eigenvalue weighted by Crippen LogP contribution is 2.35. The summed E-state index contributed by atoms with van der Waals surface area (Å²) in [5.41, 5.74) is 3.50. The van der Waals surface area contributed by atoms with Crippen LogP contribution in [0.3, 0.4) is 0 Å². The van der Waals surface area contributed by atoms with E-state index in [2.05, 4.69) is 42.4 Å². The fraction of sp³-hybridized carbons (Fsp3) is 0.450. The number of aromatic amines is 2. The molecule has 2 aliphatic rings. The molecule has 2 fully saturated rings. The zero-order chi connectivity index (χ0) is 39.2. The van der Waals surface area contributed by atoms with Crippen LogP contribution < -0.4 is 10.6 Å². The Kier molecular flexibility index (Phi) is 12.2. The number of thiophene rings is 1. The monoisotopic (exact) mass is 768 g/mol. The Labute approximate surface area is 324 Å². The van der Waals surface area contributed by atoms with Crippen molar-refractivity contribution in [3.8, 4) is 33.7 Å². The predicted molar refractivity (Wildman–Crippen MR) is 208 cm³/mol. The van der Waals surface area contributed by atoms with Crippen molar-refractivity contribution < 1.29 is 28.7 Å². The van der Waals surface area contributed by atoms with Crippen LogP contribution in [0.5, 0.6) is 0 Å². The Morgan fingerprint density at radius 1 is 0.745 bits per heavy atom. The first kappa shape index (κ1) is 39.1. The van der Waals surface area contributed by atoms with Gasteiger partial charge in [0.2, 0.25) is 11.8 Å². The van der Waals surface area contributed by atoms with E-state index >= 15 is 0 Å². The summed E-state index contributed by atoms with van der Waals surface area (Å²) in [5.74, 6) is 7.45. The van der Waals surface area contributed by atoms with Crippen molar-refractivity contribution >= 4 is 35.3 Å². The molecule has 4 aromatic rings. The van der Waals surface area contributed by atoms with Gasteiger partial charge in [0.1, 0.15) is 23.7 Å². The maximum atomic E-state index is 13.5. The lowest BCUT2D eigenvalue weighted by Gasteiger charge is -2.30. The average molecular weight is 769 g/mol. The lowest BCUT2D eigenvalue weighted by atomic mass is 10.0. The van der Waals surface area contributed by atoms with Crippen LogP contribution in [0.1, 0.15) is 87.6 Å². The fourth-order valence-corrected chi connectivity index (χ4v) is 7.91. The largest absolute Gasteiger partial charge is 0.453 e. The van der Waals surface area contributed by atoms with Crippen LogP contribution in [-0.2, 0) is 19.1 Å². The van der Waals surface area contributed by atoms with Crippen molar-refractivity contribution in [2.75, 3.05) is 27.3 Å². The molecule has 15 heteroatoms. The highest BCUT2D eigenvalue weighted by molar-refractivity contribution is 7.16. The summed E-state index contributed by atoms with van der Waals surface area (Å²) < 4.78 is 9.49. The Morgan fingerprint density at radius 3 is 1.76 bits per heavy atom. The van der Waals surface area contributed by atoms with E-state index in [0.717, 1.165) is 58.0 Å². The van der Waals surface area contributed by atoms with Gasteiger partial charge in [0, 0.05) is 18.7 Å². The zero-order valence-electron chi connectivity index (χ0n) is 32.0. The molecule has 1 unspecified atom stereocenters. The number of methoxy groups -OCH3 is 2. The van der Waals surface area contributed by atoms with Crippen molar-refractivity contribution in [2.24, 2.45) is 11.8 Å². The second-order valence-electron chi connectivity index (χ2n) is 14.5. The molecular weight excluding hydrogens is 721 g/mol. The number of H-pyrrole nitrogens is 2. The molecule has 3 aromatic heterocycles. The Morgan fingerprint density at radius 2 is 1.25 bits per heavy atom. The lowest BCUT2D eigenvalue weighted by molar-refractivity contribution is -0.136. The summed E-state index contributed by atoms with van der Waals surface area (Å²) in [7, 11) is 2.57. The molecule has 1 aromatic carbocycles. The number of nitrogens with one attached hydrogen (secondary N) is 4. The third-order valence-electron chi connectivity index (χ3n) is 10.1. The van der Waals surface area contributed by atoms with E-state index in [-0.39, 0.29) is 35.7 Å². The van der Waals surface area contributed by atoms with Crippen LogP contribution in [0.15, 0.2) is 48.8 Å². The van der Waals surface area contributed by atoms with Gasteiger partial charge in [-0.25, -0.2) is 19.6 Å². The maximum Gasteiger partial charge on any atom is 0.407 e. The summed E-state index contributed by atoms with van der Waals surface area (Å²) in [5, 5.41) is 5.37. The molecule has 6 rings (SSSR count). The molecular formula is C40H48N8O6S. The van der Waals surface area contributed by atoms with Crippen LogP contribution in [0.25, 0.3) is 21.8 Å². The van der Waals surface area contributed by atoms with Gasteiger partial charge in [0.05, 0.1) is 59.8 Å². The number of rotatable bonds is 10. The van der Waals surface area contributed by atoms with E-state index < -0.39 is 24.3 Å². The first-order chi connectivity index (χ1) is 26.5. The topological polar surface area (TPSA) is 175 Å². The highest BCUT2D eigenvalue weighted by atomic mass is 32.1. The zero-order valence-corrected chi connectivity index (χ0v) is 32.8. The van der Waals surface area contributed by atoms with Crippen LogP contribution in [-0.4, -0.2) is 93.1 Å². The smallest absolute Gasteiger partial charge is 0.407 e. The number of likely N-dealkylation sites (tertiary alicyclic amines) is 2. The molecule has 55 heavy (non-hydrogen) atoms. The van der Waals surface area contributed by atoms with E-state index in [1.807, 2.05) is 64.1 Å². The number of aromatic nitrogens is 4. The molecule has 2 saturated heterocycles. The van der Waals surface area contributed by atoms with E-state index in [4.69, 9.17) is 9.47 Å². The van der Waals surface area contributed by atoms with E-state index in [0.29, 0.717) is 24.7 Å². The van der Waals surface area contributed by atoms with Gasteiger partial charge in [-0.05, 0) is 67.3 Å². The molecule has 4 amide bonds. The first-order valence-electron chi connectivity index (χ1n) is 18.6. The first-order valence-corrected chi connectivity index (χ1v) is 19.4. The number of amides is 4. The van der Waals surface area contributed by atoms with Crippen molar-refractivity contribution in [1.29, 1.82) is 0 Å². The molecule has 5 heterocycles. The van der Waals surface area contributed by atoms with Crippen molar-refractivity contribution in [2.45, 2.75) is 77.5 Å². The van der Waals surface area contributed by atoms with Gasteiger partial charge in [-0.3, -0.25) is 9.59 Å². The summed E-state index contributed by atoms with van der Waals surface area (Å²) in [6.07, 6.45) is 5.56. The number of carbonyl (C=O) groups excluding carboxylic acids is 4. The summed E-state index contributed by atoms with van der Waals surface area (Å²) in [6, 6.07) is 10.1. The second-order valence-corrected chi connectivity index (χ2v) is 15.5. The number of nitrogens with zero attached hydrogens (tertiary/aromatic N) is 4. The fourth-order valence-electron chi connectivity index (χ4n) is 7.09. The third kappa shape index (κ3) is 8.86. The molecule has 14 nitrogen and oxygen atoms in total. The predicted octanol–water partition coefficient (Wildman–Crippen LogP) is 6.02. The van der Waals surface area contributed by atoms with E-state index in [1.165, 1.54) is 14.2 Å². The third-order valence-corrected chi connectivity index (χ3v) is 11.1.